The van der Waals surface area contributed by atoms with Crippen molar-refractivity contribution in [3.05, 3.63) is 24.0 Å². The maximum absolute atomic E-state index is 5.63. The molecule has 4 heteroatoms. The van der Waals surface area contributed by atoms with E-state index in [1.807, 2.05) is 6.07 Å². The third kappa shape index (κ3) is 4.14. The summed E-state index contributed by atoms with van der Waals surface area (Å²) in [6.45, 7) is 3.15. The van der Waals surface area contributed by atoms with Crippen molar-refractivity contribution in [3.8, 4) is 0 Å². The number of thiocarbonyl (C=S) groups is 1. The van der Waals surface area contributed by atoms with Gasteiger partial charge in [-0.05, 0) is 12.5 Å². The lowest BCUT2D eigenvalue weighted by Crippen LogP contribution is -2.14. The molecular formula is C12H19N3S. The van der Waals surface area contributed by atoms with Gasteiger partial charge >= 0.3 is 0 Å². The van der Waals surface area contributed by atoms with E-state index >= 15 is 0 Å². The molecule has 0 aromatic carbocycles. The molecule has 0 saturated heterocycles. The lowest BCUT2D eigenvalue weighted by atomic mass is 10.2. The number of unbranched alkanes of at least 4 members (excludes halogenated alkanes) is 3. The molecule has 0 unspecified atom stereocenters. The van der Waals surface area contributed by atoms with E-state index < -0.39 is 0 Å². The highest BCUT2D eigenvalue weighted by molar-refractivity contribution is 7.80. The largest absolute Gasteiger partial charge is 0.389 e. The number of anilines is 1. The number of aromatic nitrogens is 1. The molecule has 16 heavy (non-hydrogen) atoms. The Morgan fingerprint density at radius 3 is 2.94 bits per heavy atom. The average molecular weight is 237 g/mol. The zero-order valence-corrected chi connectivity index (χ0v) is 10.5. The Balaban J connectivity index is 2.44. The average Bonchev–Trinajstić information content (AvgIpc) is 2.29. The zero-order chi connectivity index (χ0) is 11.8. The Kier molecular flexibility index (Phi) is 5.78. The summed E-state index contributed by atoms with van der Waals surface area (Å²) < 4.78 is 0. The van der Waals surface area contributed by atoms with Crippen molar-refractivity contribution in [2.45, 2.75) is 32.6 Å². The Bertz CT molecular complexity index is 339. The third-order valence-corrected chi connectivity index (χ3v) is 2.65. The van der Waals surface area contributed by atoms with Gasteiger partial charge in [-0.2, -0.15) is 0 Å². The van der Waals surface area contributed by atoms with Crippen molar-refractivity contribution in [1.29, 1.82) is 0 Å². The van der Waals surface area contributed by atoms with Gasteiger partial charge in [-0.15, -0.1) is 0 Å². The highest BCUT2D eigenvalue weighted by Crippen LogP contribution is 2.13. The quantitative estimate of drug-likeness (QED) is 0.565. The van der Waals surface area contributed by atoms with Crippen LogP contribution in [0.1, 0.15) is 38.2 Å². The molecule has 0 saturated carbocycles. The number of rotatable bonds is 7. The third-order valence-electron chi connectivity index (χ3n) is 2.43. The van der Waals surface area contributed by atoms with Crippen LogP contribution in [0.25, 0.3) is 0 Å². The van der Waals surface area contributed by atoms with Gasteiger partial charge in [0.1, 0.15) is 4.99 Å². The van der Waals surface area contributed by atoms with Crippen molar-refractivity contribution in [1.82, 2.24) is 4.98 Å². The van der Waals surface area contributed by atoms with E-state index in [9.17, 15) is 0 Å². The van der Waals surface area contributed by atoms with Crippen LogP contribution in [0.3, 0.4) is 0 Å². The number of pyridine rings is 1. The van der Waals surface area contributed by atoms with Crippen molar-refractivity contribution < 1.29 is 0 Å². The van der Waals surface area contributed by atoms with Crippen molar-refractivity contribution in [3.63, 3.8) is 0 Å². The van der Waals surface area contributed by atoms with Crippen molar-refractivity contribution in [2.24, 2.45) is 5.73 Å². The first-order valence-electron chi connectivity index (χ1n) is 5.73. The minimum atomic E-state index is 0.415. The Morgan fingerprint density at radius 1 is 1.44 bits per heavy atom. The van der Waals surface area contributed by atoms with Gasteiger partial charge in [-0.25, -0.2) is 0 Å². The predicted molar refractivity (Wildman–Crippen MR) is 72.8 cm³/mol. The molecular weight excluding hydrogens is 218 g/mol. The van der Waals surface area contributed by atoms with Crippen LogP contribution in [0.4, 0.5) is 5.69 Å². The Morgan fingerprint density at radius 2 is 2.25 bits per heavy atom. The van der Waals surface area contributed by atoms with Crippen LogP contribution in [0, 0.1) is 0 Å². The predicted octanol–water partition coefficient (Wildman–Crippen LogP) is 2.71. The number of nitrogens with one attached hydrogen (secondary N) is 1. The summed E-state index contributed by atoms with van der Waals surface area (Å²) in [5.74, 6) is 0. The topological polar surface area (TPSA) is 50.9 Å². The van der Waals surface area contributed by atoms with Crippen LogP contribution in [-0.2, 0) is 0 Å². The second-order valence-corrected chi connectivity index (χ2v) is 4.21. The normalized spacial score (nSPS) is 10.1. The molecule has 0 aliphatic heterocycles. The highest BCUT2D eigenvalue weighted by Gasteiger charge is 2.03. The zero-order valence-electron chi connectivity index (χ0n) is 9.70. The van der Waals surface area contributed by atoms with Gasteiger partial charge in [0.15, 0.2) is 0 Å². The fourth-order valence-electron chi connectivity index (χ4n) is 1.53. The van der Waals surface area contributed by atoms with Gasteiger partial charge in [0.05, 0.1) is 11.9 Å². The fourth-order valence-corrected chi connectivity index (χ4v) is 1.70. The highest BCUT2D eigenvalue weighted by atomic mass is 32.1. The first-order chi connectivity index (χ1) is 7.75. The van der Waals surface area contributed by atoms with Gasteiger partial charge < -0.3 is 11.1 Å². The molecule has 1 aromatic rings. The number of nitrogens with two attached hydrogens (primary N) is 1. The molecule has 0 spiro atoms. The Labute approximate surface area is 102 Å². The second-order valence-electron chi connectivity index (χ2n) is 3.77. The van der Waals surface area contributed by atoms with E-state index in [-0.39, 0.29) is 0 Å². The van der Waals surface area contributed by atoms with Crippen LogP contribution < -0.4 is 11.1 Å². The van der Waals surface area contributed by atoms with Crippen LogP contribution in [0.2, 0.25) is 0 Å². The van der Waals surface area contributed by atoms with Gasteiger partial charge in [-0.3, -0.25) is 4.98 Å². The summed E-state index contributed by atoms with van der Waals surface area (Å²) >= 11 is 4.98. The van der Waals surface area contributed by atoms with E-state index in [1.54, 1.807) is 12.4 Å². The van der Waals surface area contributed by atoms with Crippen LogP contribution >= 0.6 is 12.2 Å². The van der Waals surface area contributed by atoms with Crippen molar-refractivity contribution >= 4 is 22.9 Å². The lowest BCUT2D eigenvalue weighted by Gasteiger charge is -2.09. The first-order valence-corrected chi connectivity index (χ1v) is 6.14. The van der Waals surface area contributed by atoms with Crippen molar-refractivity contribution in [2.75, 3.05) is 11.9 Å². The number of hydrogen-bond donors (Lipinski definition) is 2. The molecule has 0 bridgehead atoms. The molecule has 3 nitrogen and oxygen atoms in total. The monoisotopic (exact) mass is 237 g/mol. The second kappa shape index (κ2) is 7.17. The molecule has 1 heterocycles. The Hall–Kier alpha value is -1.16. The van der Waals surface area contributed by atoms with Gasteiger partial charge in [0, 0.05) is 18.3 Å². The smallest absolute Gasteiger partial charge is 0.106 e. The summed E-state index contributed by atoms with van der Waals surface area (Å²) in [5.41, 5.74) is 7.44. The summed E-state index contributed by atoms with van der Waals surface area (Å²) in [5, 5.41) is 3.32. The lowest BCUT2D eigenvalue weighted by molar-refractivity contribution is 0.685. The first kappa shape index (κ1) is 12.9. The number of hydrogen-bond acceptors (Lipinski definition) is 3. The van der Waals surface area contributed by atoms with E-state index in [2.05, 4.69) is 17.2 Å². The molecule has 88 valence electrons. The molecule has 0 amide bonds. The SMILES string of the molecule is CCCCCCNc1cnccc1C(N)=S. The van der Waals surface area contributed by atoms with Gasteiger partial charge in [0.25, 0.3) is 0 Å². The van der Waals surface area contributed by atoms with Crippen LogP contribution in [0.15, 0.2) is 18.5 Å². The molecule has 3 N–H and O–H groups in total. The molecule has 0 radical (unpaired) electrons. The van der Waals surface area contributed by atoms with E-state index in [4.69, 9.17) is 18.0 Å². The van der Waals surface area contributed by atoms with E-state index in [0.29, 0.717) is 4.99 Å². The molecule has 0 atom stereocenters. The van der Waals surface area contributed by atoms with Crippen LogP contribution in [0.5, 0.6) is 0 Å². The minimum absolute atomic E-state index is 0.415. The van der Waals surface area contributed by atoms with Gasteiger partial charge in [-0.1, -0.05) is 38.4 Å². The molecule has 0 aliphatic rings. The standard InChI is InChI=1S/C12H19N3S/c1-2-3-4-5-7-15-11-9-14-8-6-10(11)12(13)16/h6,8-9,15H,2-5,7H2,1H3,(H2,13,16). The summed E-state index contributed by atoms with van der Waals surface area (Å²) in [7, 11) is 0. The summed E-state index contributed by atoms with van der Waals surface area (Å²) in [6, 6.07) is 1.84. The van der Waals surface area contributed by atoms with Gasteiger partial charge in [0.2, 0.25) is 0 Å². The molecule has 0 aliphatic carbocycles. The maximum Gasteiger partial charge on any atom is 0.106 e. The maximum atomic E-state index is 5.63. The fraction of sp³-hybridized carbons (Fsp3) is 0.500. The number of nitrogens with zero attached hydrogens (tertiary/aromatic N) is 1. The summed E-state index contributed by atoms with van der Waals surface area (Å²) in [6.07, 6.45) is 8.44. The van der Waals surface area contributed by atoms with E-state index in [0.717, 1.165) is 17.8 Å². The molecule has 1 rings (SSSR count). The van der Waals surface area contributed by atoms with E-state index in [1.165, 1.54) is 25.7 Å². The summed E-state index contributed by atoms with van der Waals surface area (Å²) in [4.78, 5) is 4.48. The minimum Gasteiger partial charge on any atom is -0.389 e. The van der Waals surface area contributed by atoms with Crippen LogP contribution in [-0.4, -0.2) is 16.5 Å². The molecule has 0 fully saturated rings. The molecule has 1 aromatic heterocycles.